The summed E-state index contributed by atoms with van der Waals surface area (Å²) in [4.78, 5) is 22.5. The molecule has 126 valence electrons. The van der Waals surface area contributed by atoms with E-state index in [1.54, 1.807) is 19.1 Å². The number of hydrogen-bond donors (Lipinski definition) is 2. The number of carbonyl (C=O) groups is 1. The zero-order chi connectivity index (χ0) is 17.7. The van der Waals surface area contributed by atoms with Crippen LogP contribution in [0.15, 0.2) is 48.5 Å². The van der Waals surface area contributed by atoms with E-state index in [1.165, 1.54) is 18.2 Å². The Morgan fingerprint density at radius 2 is 1.88 bits per heavy atom. The number of nitrogens with one attached hydrogen (secondary N) is 2. The summed E-state index contributed by atoms with van der Waals surface area (Å²) in [6, 6.07) is 12.6. The molecular weight excluding hydrogens is 330 g/mol. The van der Waals surface area contributed by atoms with Crippen molar-refractivity contribution in [2.45, 2.75) is 25.9 Å². The molecule has 0 aliphatic carbocycles. The number of halogens is 1. The van der Waals surface area contributed by atoms with Crippen molar-refractivity contribution in [2.75, 3.05) is 5.32 Å². The maximum atomic E-state index is 12.3. The molecule has 2 unspecified atom stereocenters. The Labute approximate surface area is 145 Å². The first kappa shape index (κ1) is 17.9. The zero-order valence-corrected chi connectivity index (χ0v) is 14.1. The van der Waals surface area contributed by atoms with E-state index in [4.69, 9.17) is 11.6 Å². The van der Waals surface area contributed by atoms with E-state index in [0.29, 0.717) is 10.7 Å². The van der Waals surface area contributed by atoms with Gasteiger partial charge in [0, 0.05) is 28.9 Å². The summed E-state index contributed by atoms with van der Waals surface area (Å²) in [7, 11) is 0. The van der Waals surface area contributed by atoms with Crippen LogP contribution in [0.1, 0.15) is 25.5 Å². The highest BCUT2D eigenvalue weighted by Gasteiger charge is 2.18. The van der Waals surface area contributed by atoms with Crippen molar-refractivity contribution in [3.63, 3.8) is 0 Å². The smallest absolute Gasteiger partial charge is 0.271 e. The molecule has 7 heteroatoms. The maximum Gasteiger partial charge on any atom is 0.271 e. The van der Waals surface area contributed by atoms with Crippen molar-refractivity contribution in [3.8, 4) is 0 Å². The Bertz CT molecular complexity index is 751. The van der Waals surface area contributed by atoms with E-state index in [9.17, 15) is 14.9 Å². The summed E-state index contributed by atoms with van der Waals surface area (Å²) >= 11 is 6.15. The van der Waals surface area contributed by atoms with Crippen LogP contribution < -0.4 is 10.6 Å². The summed E-state index contributed by atoms with van der Waals surface area (Å²) in [5.74, 6) is -0.283. The van der Waals surface area contributed by atoms with Crippen molar-refractivity contribution in [1.82, 2.24) is 5.32 Å². The van der Waals surface area contributed by atoms with Crippen molar-refractivity contribution >= 4 is 28.9 Å². The Hall–Kier alpha value is -2.44. The second-order valence-electron chi connectivity index (χ2n) is 5.43. The summed E-state index contributed by atoms with van der Waals surface area (Å²) in [6.45, 7) is 3.64. The van der Waals surface area contributed by atoms with Crippen molar-refractivity contribution < 1.29 is 9.72 Å². The van der Waals surface area contributed by atoms with Gasteiger partial charge in [0.2, 0.25) is 5.91 Å². The minimum absolute atomic E-state index is 0.0714. The van der Waals surface area contributed by atoms with E-state index in [0.717, 1.165) is 5.56 Å². The average Bonchev–Trinajstić information content (AvgIpc) is 2.55. The Morgan fingerprint density at radius 1 is 1.17 bits per heavy atom. The van der Waals surface area contributed by atoms with Crippen molar-refractivity contribution in [2.24, 2.45) is 0 Å². The predicted octanol–water partition coefficient (Wildman–Crippen LogP) is 3.93. The van der Waals surface area contributed by atoms with Crippen LogP contribution in [-0.2, 0) is 4.79 Å². The number of hydrogen-bond acceptors (Lipinski definition) is 4. The summed E-state index contributed by atoms with van der Waals surface area (Å²) in [5, 5.41) is 17.2. The molecule has 0 aromatic heterocycles. The molecule has 1 amide bonds. The quantitative estimate of drug-likeness (QED) is 0.612. The number of benzene rings is 2. The molecule has 2 aromatic carbocycles. The maximum absolute atomic E-state index is 12.3. The average molecular weight is 348 g/mol. The number of non-ortho nitro benzene ring substituents is 1. The standard InChI is InChI=1S/C17H18ClN3O3/c1-11(15-8-3-4-9-16(15)18)19-12(2)17(22)20-13-6-5-7-14(10-13)21(23)24/h3-12,19H,1-2H3,(H,20,22). The first-order valence-corrected chi connectivity index (χ1v) is 7.82. The van der Waals surface area contributed by atoms with Crippen LogP contribution in [0.4, 0.5) is 11.4 Å². The normalized spacial score (nSPS) is 13.1. The molecule has 2 aromatic rings. The molecule has 6 nitrogen and oxygen atoms in total. The van der Waals surface area contributed by atoms with Gasteiger partial charge >= 0.3 is 0 Å². The molecule has 0 saturated heterocycles. The molecule has 0 saturated carbocycles. The van der Waals surface area contributed by atoms with Gasteiger partial charge in [0.25, 0.3) is 5.69 Å². The third-order valence-corrected chi connectivity index (χ3v) is 3.93. The molecule has 0 bridgehead atoms. The van der Waals surface area contributed by atoms with Crippen LogP contribution in [0, 0.1) is 10.1 Å². The highest BCUT2D eigenvalue weighted by molar-refractivity contribution is 6.31. The lowest BCUT2D eigenvalue weighted by Gasteiger charge is -2.20. The second kappa shape index (κ2) is 7.90. The minimum Gasteiger partial charge on any atom is -0.324 e. The Balaban J connectivity index is 2.01. The van der Waals surface area contributed by atoms with Crippen LogP contribution >= 0.6 is 11.6 Å². The first-order valence-electron chi connectivity index (χ1n) is 7.44. The molecule has 2 atom stereocenters. The van der Waals surface area contributed by atoms with Crippen molar-refractivity contribution in [1.29, 1.82) is 0 Å². The van der Waals surface area contributed by atoms with Gasteiger partial charge in [0.05, 0.1) is 11.0 Å². The van der Waals surface area contributed by atoms with Crippen LogP contribution in [0.2, 0.25) is 5.02 Å². The lowest BCUT2D eigenvalue weighted by Crippen LogP contribution is -2.39. The molecule has 0 aliphatic heterocycles. The van der Waals surface area contributed by atoms with Crippen LogP contribution in [-0.4, -0.2) is 16.9 Å². The first-order chi connectivity index (χ1) is 11.4. The number of carbonyl (C=O) groups excluding carboxylic acids is 1. The van der Waals surface area contributed by atoms with E-state index in [2.05, 4.69) is 10.6 Å². The molecule has 0 fully saturated rings. The Kier molecular flexibility index (Phi) is 5.89. The molecule has 2 rings (SSSR count). The van der Waals surface area contributed by atoms with Gasteiger partial charge in [-0.1, -0.05) is 35.9 Å². The van der Waals surface area contributed by atoms with Gasteiger partial charge in [-0.25, -0.2) is 0 Å². The molecule has 2 N–H and O–H groups in total. The van der Waals surface area contributed by atoms with Gasteiger partial charge in [-0.2, -0.15) is 0 Å². The fraction of sp³-hybridized carbons (Fsp3) is 0.235. The molecule has 0 heterocycles. The van der Waals surface area contributed by atoms with E-state index >= 15 is 0 Å². The SMILES string of the molecule is CC(NC(C)c1ccccc1Cl)C(=O)Nc1cccc([N+](=O)[O-])c1. The molecular formula is C17H18ClN3O3. The van der Waals surface area contributed by atoms with Crippen LogP contribution in [0.3, 0.4) is 0 Å². The van der Waals surface area contributed by atoms with Gasteiger partial charge in [-0.15, -0.1) is 0 Å². The summed E-state index contributed by atoms with van der Waals surface area (Å²) < 4.78 is 0. The highest BCUT2D eigenvalue weighted by Crippen LogP contribution is 2.23. The number of nitro benzene ring substituents is 1. The van der Waals surface area contributed by atoms with E-state index in [1.807, 2.05) is 25.1 Å². The number of anilines is 1. The predicted molar refractivity (Wildman–Crippen MR) is 94.2 cm³/mol. The zero-order valence-electron chi connectivity index (χ0n) is 13.3. The van der Waals surface area contributed by atoms with Gasteiger partial charge < -0.3 is 5.32 Å². The van der Waals surface area contributed by atoms with E-state index < -0.39 is 11.0 Å². The van der Waals surface area contributed by atoms with Gasteiger partial charge in [0.1, 0.15) is 0 Å². The highest BCUT2D eigenvalue weighted by atomic mass is 35.5. The lowest BCUT2D eigenvalue weighted by molar-refractivity contribution is -0.384. The number of nitro groups is 1. The van der Waals surface area contributed by atoms with E-state index in [-0.39, 0.29) is 17.6 Å². The monoisotopic (exact) mass is 347 g/mol. The number of rotatable bonds is 6. The largest absolute Gasteiger partial charge is 0.324 e. The minimum atomic E-state index is -0.504. The fourth-order valence-electron chi connectivity index (χ4n) is 2.31. The Morgan fingerprint density at radius 3 is 2.54 bits per heavy atom. The molecule has 0 spiro atoms. The topological polar surface area (TPSA) is 84.3 Å². The van der Waals surface area contributed by atoms with Gasteiger partial charge in [-0.05, 0) is 31.5 Å². The second-order valence-corrected chi connectivity index (χ2v) is 5.84. The van der Waals surface area contributed by atoms with Crippen LogP contribution in [0.25, 0.3) is 0 Å². The third kappa shape index (κ3) is 4.53. The number of nitrogens with zero attached hydrogens (tertiary/aromatic N) is 1. The van der Waals surface area contributed by atoms with Crippen LogP contribution in [0.5, 0.6) is 0 Å². The van der Waals surface area contributed by atoms with Crippen molar-refractivity contribution in [3.05, 3.63) is 69.2 Å². The fourth-order valence-corrected chi connectivity index (χ4v) is 2.61. The third-order valence-electron chi connectivity index (χ3n) is 3.59. The van der Waals surface area contributed by atoms with Gasteiger partial charge in [-0.3, -0.25) is 20.2 Å². The summed E-state index contributed by atoms with van der Waals surface area (Å²) in [6.07, 6.45) is 0. The lowest BCUT2D eigenvalue weighted by atomic mass is 10.1. The molecule has 0 radical (unpaired) electrons. The molecule has 24 heavy (non-hydrogen) atoms. The summed E-state index contributed by atoms with van der Waals surface area (Å²) in [5.41, 5.74) is 1.21. The van der Waals surface area contributed by atoms with Gasteiger partial charge in [0.15, 0.2) is 0 Å². The molecule has 0 aliphatic rings. The number of amides is 1.